The van der Waals surface area contributed by atoms with E-state index in [4.69, 9.17) is 4.52 Å². The van der Waals surface area contributed by atoms with E-state index >= 15 is 0 Å². The molecule has 0 amide bonds. The van der Waals surface area contributed by atoms with Crippen molar-refractivity contribution in [3.05, 3.63) is 40.9 Å². The van der Waals surface area contributed by atoms with Crippen molar-refractivity contribution in [3.63, 3.8) is 0 Å². The molecule has 22 heavy (non-hydrogen) atoms. The molecule has 6 heteroatoms. The highest BCUT2D eigenvalue weighted by Gasteiger charge is 2.17. The lowest BCUT2D eigenvalue weighted by molar-refractivity contribution is 0.427. The number of nitrogens with one attached hydrogen (secondary N) is 1. The third kappa shape index (κ3) is 2.60. The standard InChI is InChI=1S/C16H15BrN4O/c17-14-4-3-11-9-13(2-1-12(11)10-14)15-19-16(20-22-15)21-7-5-18-6-8-21/h1-4,9-10,18H,5-8H2. The minimum absolute atomic E-state index is 0.568. The molecule has 0 atom stereocenters. The number of fused-ring (bicyclic) bond motifs is 1. The first-order chi connectivity index (χ1) is 10.8. The van der Waals surface area contributed by atoms with Crippen molar-refractivity contribution in [1.29, 1.82) is 0 Å². The topological polar surface area (TPSA) is 54.2 Å². The van der Waals surface area contributed by atoms with E-state index in [2.05, 4.69) is 60.6 Å². The molecule has 1 N–H and O–H groups in total. The lowest BCUT2D eigenvalue weighted by atomic mass is 10.1. The van der Waals surface area contributed by atoms with Gasteiger partial charge in [-0.2, -0.15) is 4.98 Å². The molecule has 0 unspecified atom stereocenters. The SMILES string of the molecule is Brc1ccc2cc(-c3nc(N4CCNCC4)no3)ccc2c1. The molecule has 1 aromatic heterocycles. The van der Waals surface area contributed by atoms with Gasteiger partial charge in [0.25, 0.3) is 11.8 Å². The van der Waals surface area contributed by atoms with Gasteiger partial charge in [-0.25, -0.2) is 0 Å². The summed E-state index contributed by atoms with van der Waals surface area (Å²) in [7, 11) is 0. The summed E-state index contributed by atoms with van der Waals surface area (Å²) in [4.78, 5) is 6.68. The van der Waals surface area contributed by atoms with Gasteiger partial charge in [-0.3, -0.25) is 0 Å². The number of benzene rings is 2. The van der Waals surface area contributed by atoms with Crippen molar-refractivity contribution in [2.45, 2.75) is 0 Å². The van der Waals surface area contributed by atoms with Gasteiger partial charge in [-0.1, -0.05) is 28.1 Å². The zero-order valence-electron chi connectivity index (χ0n) is 11.9. The van der Waals surface area contributed by atoms with E-state index in [-0.39, 0.29) is 0 Å². The van der Waals surface area contributed by atoms with Crippen LogP contribution >= 0.6 is 15.9 Å². The van der Waals surface area contributed by atoms with Gasteiger partial charge < -0.3 is 14.7 Å². The third-order valence-corrected chi connectivity index (χ3v) is 4.36. The van der Waals surface area contributed by atoms with E-state index in [1.165, 1.54) is 5.39 Å². The van der Waals surface area contributed by atoms with Crippen LogP contribution in [0.15, 0.2) is 45.4 Å². The molecular weight excluding hydrogens is 344 g/mol. The zero-order valence-corrected chi connectivity index (χ0v) is 13.5. The van der Waals surface area contributed by atoms with Crippen molar-refractivity contribution < 1.29 is 4.52 Å². The molecule has 0 radical (unpaired) electrons. The van der Waals surface area contributed by atoms with Gasteiger partial charge in [0.15, 0.2) is 0 Å². The van der Waals surface area contributed by atoms with Crippen LogP contribution in [0.1, 0.15) is 0 Å². The molecule has 3 aromatic rings. The molecule has 1 saturated heterocycles. The number of hydrogen-bond acceptors (Lipinski definition) is 5. The molecule has 0 spiro atoms. The Labute approximate surface area is 136 Å². The van der Waals surface area contributed by atoms with Gasteiger partial charge >= 0.3 is 0 Å². The maximum atomic E-state index is 5.44. The number of nitrogens with zero attached hydrogens (tertiary/aromatic N) is 3. The molecule has 2 heterocycles. The summed E-state index contributed by atoms with van der Waals surface area (Å²) in [6.45, 7) is 3.72. The average molecular weight is 359 g/mol. The zero-order chi connectivity index (χ0) is 14.9. The number of piperazine rings is 1. The van der Waals surface area contributed by atoms with Crippen molar-refractivity contribution in [2.24, 2.45) is 0 Å². The summed E-state index contributed by atoms with van der Waals surface area (Å²) in [5.74, 6) is 1.24. The van der Waals surface area contributed by atoms with Crippen LogP contribution in [-0.2, 0) is 0 Å². The summed E-state index contributed by atoms with van der Waals surface area (Å²) in [5, 5.41) is 9.77. The van der Waals surface area contributed by atoms with Crippen LogP contribution in [0.4, 0.5) is 5.95 Å². The molecule has 0 aliphatic carbocycles. The van der Waals surface area contributed by atoms with Crippen molar-refractivity contribution in [1.82, 2.24) is 15.5 Å². The van der Waals surface area contributed by atoms with E-state index in [0.717, 1.165) is 41.6 Å². The molecule has 0 saturated carbocycles. The summed E-state index contributed by atoms with van der Waals surface area (Å²) in [6, 6.07) is 12.4. The second-order valence-corrected chi connectivity index (χ2v) is 6.26. The molecule has 2 aromatic carbocycles. The van der Waals surface area contributed by atoms with E-state index < -0.39 is 0 Å². The van der Waals surface area contributed by atoms with E-state index in [1.807, 2.05) is 12.1 Å². The number of aromatic nitrogens is 2. The number of halogens is 1. The fourth-order valence-electron chi connectivity index (χ4n) is 2.68. The Bertz CT molecular complexity index is 811. The van der Waals surface area contributed by atoms with Crippen molar-refractivity contribution >= 4 is 32.7 Å². The second kappa shape index (κ2) is 5.70. The Morgan fingerprint density at radius 3 is 2.68 bits per heavy atom. The quantitative estimate of drug-likeness (QED) is 0.762. The molecule has 1 fully saturated rings. The van der Waals surface area contributed by atoms with E-state index in [0.29, 0.717) is 11.8 Å². The Morgan fingerprint density at radius 2 is 1.82 bits per heavy atom. The smallest absolute Gasteiger partial charge is 0.266 e. The Balaban J connectivity index is 1.66. The highest BCUT2D eigenvalue weighted by atomic mass is 79.9. The predicted octanol–water partition coefficient (Wildman–Crippen LogP) is 3.06. The maximum Gasteiger partial charge on any atom is 0.266 e. The molecule has 1 aliphatic rings. The first-order valence-electron chi connectivity index (χ1n) is 7.29. The minimum Gasteiger partial charge on any atom is -0.336 e. The van der Waals surface area contributed by atoms with Gasteiger partial charge in [-0.15, -0.1) is 0 Å². The van der Waals surface area contributed by atoms with E-state index in [9.17, 15) is 0 Å². The van der Waals surface area contributed by atoms with Gasteiger partial charge in [0, 0.05) is 36.2 Å². The van der Waals surface area contributed by atoms with Crippen LogP contribution in [0.3, 0.4) is 0 Å². The number of anilines is 1. The summed E-state index contributed by atoms with van der Waals surface area (Å²) in [6.07, 6.45) is 0. The van der Waals surface area contributed by atoms with E-state index in [1.54, 1.807) is 0 Å². The van der Waals surface area contributed by atoms with Gasteiger partial charge in [0.2, 0.25) is 0 Å². The normalized spacial score (nSPS) is 15.4. The lowest BCUT2D eigenvalue weighted by Crippen LogP contribution is -2.44. The van der Waals surface area contributed by atoms with Crippen LogP contribution < -0.4 is 10.2 Å². The highest BCUT2D eigenvalue weighted by molar-refractivity contribution is 9.10. The molecular formula is C16H15BrN4O. The van der Waals surface area contributed by atoms with Crippen LogP contribution in [0.2, 0.25) is 0 Å². The van der Waals surface area contributed by atoms with Crippen LogP contribution in [0, 0.1) is 0 Å². The van der Waals surface area contributed by atoms with Crippen molar-refractivity contribution in [2.75, 3.05) is 31.1 Å². The Morgan fingerprint density at radius 1 is 1.05 bits per heavy atom. The predicted molar refractivity (Wildman–Crippen MR) is 90.0 cm³/mol. The lowest BCUT2D eigenvalue weighted by Gasteiger charge is -2.25. The number of rotatable bonds is 2. The monoisotopic (exact) mass is 358 g/mol. The summed E-state index contributed by atoms with van der Waals surface area (Å²) < 4.78 is 6.52. The number of hydrogen-bond donors (Lipinski definition) is 1. The van der Waals surface area contributed by atoms with Crippen LogP contribution in [-0.4, -0.2) is 36.3 Å². The first-order valence-corrected chi connectivity index (χ1v) is 8.08. The summed E-state index contributed by atoms with van der Waals surface area (Å²) in [5.41, 5.74) is 0.948. The van der Waals surface area contributed by atoms with Gasteiger partial charge in [0.1, 0.15) is 0 Å². The van der Waals surface area contributed by atoms with Crippen LogP contribution in [0.5, 0.6) is 0 Å². The van der Waals surface area contributed by atoms with Crippen molar-refractivity contribution in [3.8, 4) is 11.5 Å². The molecule has 4 rings (SSSR count). The van der Waals surface area contributed by atoms with Gasteiger partial charge in [-0.05, 0) is 40.2 Å². The first kappa shape index (κ1) is 13.7. The minimum atomic E-state index is 0.568. The molecule has 112 valence electrons. The average Bonchev–Trinajstić information content (AvgIpc) is 3.05. The highest BCUT2D eigenvalue weighted by Crippen LogP contribution is 2.26. The van der Waals surface area contributed by atoms with Gasteiger partial charge in [0.05, 0.1) is 0 Å². The fraction of sp³-hybridized carbons (Fsp3) is 0.250. The second-order valence-electron chi connectivity index (χ2n) is 5.34. The summed E-state index contributed by atoms with van der Waals surface area (Å²) >= 11 is 3.49. The third-order valence-electron chi connectivity index (χ3n) is 3.86. The Hall–Kier alpha value is -1.92. The molecule has 5 nitrogen and oxygen atoms in total. The van der Waals surface area contributed by atoms with Crippen LogP contribution in [0.25, 0.3) is 22.2 Å². The fourth-order valence-corrected chi connectivity index (χ4v) is 3.05. The maximum absolute atomic E-state index is 5.44. The molecule has 0 bridgehead atoms. The molecule has 1 aliphatic heterocycles. The largest absolute Gasteiger partial charge is 0.336 e. The Kier molecular flexibility index (Phi) is 3.56.